The van der Waals surface area contributed by atoms with Crippen LogP contribution < -0.4 is 20.9 Å². The predicted molar refractivity (Wildman–Crippen MR) is 108 cm³/mol. The second-order valence-corrected chi connectivity index (χ2v) is 7.30. The van der Waals surface area contributed by atoms with Crippen molar-refractivity contribution in [2.24, 2.45) is 5.92 Å². The molecular weight excluding hydrogens is 368 g/mol. The topological polar surface area (TPSA) is 97.1 Å². The molecule has 0 amide bonds. The third-order valence-corrected chi connectivity index (χ3v) is 4.84. The van der Waals surface area contributed by atoms with E-state index in [4.69, 9.17) is 9.26 Å². The van der Waals surface area contributed by atoms with E-state index in [2.05, 4.69) is 37.4 Å². The van der Waals surface area contributed by atoms with E-state index in [1.165, 1.54) is 18.5 Å². The Bertz CT molecular complexity index is 1030. The third kappa shape index (κ3) is 4.22. The van der Waals surface area contributed by atoms with Crippen LogP contribution in [0.3, 0.4) is 0 Å². The van der Waals surface area contributed by atoms with Gasteiger partial charge in [0.15, 0.2) is 12.4 Å². The van der Waals surface area contributed by atoms with Crippen LogP contribution in [0.1, 0.15) is 24.3 Å². The molecule has 1 unspecified atom stereocenters. The molecule has 0 radical (unpaired) electrons. The van der Waals surface area contributed by atoms with E-state index in [0.29, 0.717) is 23.5 Å². The molecule has 8 heteroatoms. The molecule has 1 saturated carbocycles. The van der Waals surface area contributed by atoms with Gasteiger partial charge in [0.05, 0.1) is 0 Å². The quantitative estimate of drug-likeness (QED) is 0.566. The first-order chi connectivity index (χ1) is 14.2. The predicted octanol–water partition coefficient (Wildman–Crippen LogP) is 3.16. The minimum Gasteiger partial charge on any atom is -0.455 e. The first-order valence-corrected chi connectivity index (χ1v) is 9.72. The van der Waals surface area contributed by atoms with Crippen LogP contribution in [0.2, 0.25) is 0 Å². The van der Waals surface area contributed by atoms with Crippen molar-refractivity contribution in [3.05, 3.63) is 65.7 Å². The molecule has 2 aliphatic rings. The largest absolute Gasteiger partial charge is 0.455 e. The lowest BCUT2D eigenvalue weighted by Gasteiger charge is -2.13. The number of ether oxygens (including phenoxy) is 1. The van der Waals surface area contributed by atoms with E-state index < -0.39 is 0 Å². The zero-order valence-corrected chi connectivity index (χ0v) is 16.1. The number of hydrazine groups is 1. The number of rotatable bonds is 7. The number of nitrogens with one attached hydrogen (secondary N) is 3. The average molecular weight is 390 g/mol. The van der Waals surface area contributed by atoms with Gasteiger partial charge < -0.3 is 20.0 Å². The van der Waals surface area contributed by atoms with Crippen molar-refractivity contribution in [2.45, 2.75) is 32.5 Å². The number of nitrogens with zero attached hydrogens (tertiary/aromatic N) is 3. The highest BCUT2D eigenvalue weighted by Gasteiger charge is 2.29. The van der Waals surface area contributed by atoms with Crippen LogP contribution in [0.5, 0.6) is 6.01 Å². The summed E-state index contributed by atoms with van der Waals surface area (Å²) in [5.41, 5.74) is 10.3. The molecule has 29 heavy (non-hydrogen) atoms. The molecule has 0 spiro atoms. The maximum Gasteiger partial charge on any atom is 0.319 e. The molecule has 3 aromatic rings. The van der Waals surface area contributed by atoms with Crippen LogP contribution in [0, 0.1) is 12.8 Å². The lowest BCUT2D eigenvalue weighted by Crippen LogP contribution is -2.37. The Morgan fingerprint density at radius 3 is 2.86 bits per heavy atom. The number of hydrogen-bond donors (Lipinski definition) is 3. The minimum atomic E-state index is -0.0181. The van der Waals surface area contributed by atoms with Gasteiger partial charge in [0.1, 0.15) is 17.7 Å². The monoisotopic (exact) mass is 390 g/mol. The van der Waals surface area contributed by atoms with Gasteiger partial charge in [-0.3, -0.25) is 0 Å². The lowest BCUT2D eigenvalue weighted by molar-refractivity contribution is 0.233. The van der Waals surface area contributed by atoms with Gasteiger partial charge in [0.25, 0.3) is 0 Å². The normalized spacial score (nSPS) is 18.2. The smallest absolute Gasteiger partial charge is 0.319 e. The van der Waals surface area contributed by atoms with Gasteiger partial charge in [-0.1, -0.05) is 35.5 Å². The number of hydrogen-bond acceptors (Lipinski definition) is 8. The van der Waals surface area contributed by atoms with Crippen LogP contribution in [-0.2, 0) is 6.61 Å². The summed E-state index contributed by atoms with van der Waals surface area (Å²) in [6.07, 6.45) is 4.65. The fourth-order valence-electron chi connectivity index (χ4n) is 3.23. The van der Waals surface area contributed by atoms with Gasteiger partial charge >= 0.3 is 6.01 Å². The van der Waals surface area contributed by atoms with Crippen molar-refractivity contribution in [1.82, 2.24) is 26.0 Å². The maximum absolute atomic E-state index is 5.75. The van der Waals surface area contributed by atoms with E-state index in [0.717, 1.165) is 17.0 Å². The number of allylic oxidation sites excluding steroid dienone is 1. The zero-order chi connectivity index (χ0) is 19.6. The van der Waals surface area contributed by atoms with Crippen molar-refractivity contribution >= 4 is 5.82 Å². The Morgan fingerprint density at radius 1 is 1.17 bits per heavy atom. The van der Waals surface area contributed by atoms with Gasteiger partial charge in [-0.15, -0.1) is 0 Å². The van der Waals surface area contributed by atoms with Crippen molar-refractivity contribution < 1.29 is 9.26 Å². The van der Waals surface area contributed by atoms with Gasteiger partial charge in [-0.2, -0.15) is 4.98 Å². The summed E-state index contributed by atoms with van der Waals surface area (Å²) < 4.78 is 11.1. The number of aryl methyl sites for hydroxylation is 1. The highest BCUT2D eigenvalue weighted by Crippen LogP contribution is 2.36. The van der Waals surface area contributed by atoms with Crippen LogP contribution in [0.4, 0.5) is 5.82 Å². The molecule has 1 aliphatic carbocycles. The van der Waals surface area contributed by atoms with E-state index in [-0.39, 0.29) is 12.8 Å². The van der Waals surface area contributed by atoms with Crippen molar-refractivity contribution in [1.29, 1.82) is 0 Å². The molecule has 1 atom stereocenters. The summed E-state index contributed by atoms with van der Waals surface area (Å²) in [6.45, 7) is 2.12. The first-order valence-electron chi connectivity index (χ1n) is 9.72. The summed E-state index contributed by atoms with van der Waals surface area (Å²) in [7, 11) is 0. The molecular formula is C21H22N6O2. The van der Waals surface area contributed by atoms with Crippen molar-refractivity contribution in [2.75, 3.05) is 5.32 Å². The lowest BCUT2D eigenvalue weighted by atomic mass is 10.1. The van der Waals surface area contributed by atoms with E-state index in [9.17, 15) is 0 Å². The van der Waals surface area contributed by atoms with Gasteiger partial charge in [0.2, 0.25) is 0 Å². The Morgan fingerprint density at radius 2 is 2.03 bits per heavy atom. The molecule has 2 aromatic heterocycles. The second-order valence-electron chi connectivity index (χ2n) is 7.30. The molecule has 3 N–H and O–H groups in total. The van der Waals surface area contributed by atoms with E-state index in [1.807, 2.05) is 49.4 Å². The molecule has 1 aliphatic heterocycles. The molecule has 1 aromatic carbocycles. The van der Waals surface area contributed by atoms with Gasteiger partial charge in [-0.25, -0.2) is 10.4 Å². The summed E-state index contributed by atoms with van der Waals surface area (Å²) in [4.78, 5) is 8.81. The van der Waals surface area contributed by atoms with E-state index in [1.54, 1.807) is 0 Å². The van der Waals surface area contributed by atoms with Crippen LogP contribution in [0.25, 0.3) is 11.3 Å². The maximum atomic E-state index is 5.75. The number of aromatic nitrogens is 3. The second kappa shape index (κ2) is 7.56. The molecule has 0 saturated heterocycles. The average Bonchev–Trinajstić information content (AvgIpc) is 3.29. The van der Waals surface area contributed by atoms with Crippen molar-refractivity contribution in [3.8, 4) is 17.3 Å². The zero-order valence-electron chi connectivity index (χ0n) is 16.1. The van der Waals surface area contributed by atoms with Gasteiger partial charge in [0, 0.05) is 29.1 Å². The molecule has 8 nitrogen and oxygen atoms in total. The molecule has 148 valence electrons. The Hall–Kier alpha value is -3.39. The Labute approximate surface area is 168 Å². The van der Waals surface area contributed by atoms with Gasteiger partial charge in [-0.05, 0) is 31.8 Å². The molecule has 3 heterocycles. The fourth-order valence-corrected chi connectivity index (χ4v) is 3.23. The summed E-state index contributed by atoms with van der Waals surface area (Å²) in [6, 6.07) is 13.9. The Kier molecular flexibility index (Phi) is 4.61. The Balaban J connectivity index is 1.23. The van der Waals surface area contributed by atoms with Crippen LogP contribution >= 0.6 is 0 Å². The SMILES string of the molecule is Cc1cc(NC2C=C(C3CC3)NN2)nc(OCc2cc(-c3ccccc3)no2)n1. The standard InChI is InChI=1S/C21H22N6O2/c1-13-9-19(23-20-11-17(25-26-20)15-7-8-15)24-21(22-13)28-12-16-10-18(27-29-16)14-5-3-2-4-6-14/h2-6,9-11,15,20,25-26H,7-8,12H2,1H3,(H,22,23,24). The number of anilines is 1. The fraction of sp³-hybridized carbons (Fsp3) is 0.286. The molecule has 1 fully saturated rings. The highest BCUT2D eigenvalue weighted by atomic mass is 16.5. The van der Waals surface area contributed by atoms with Crippen LogP contribution in [0.15, 0.2) is 58.8 Å². The third-order valence-electron chi connectivity index (χ3n) is 4.84. The summed E-state index contributed by atoms with van der Waals surface area (Å²) in [5, 5.41) is 7.44. The molecule has 0 bridgehead atoms. The number of benzene rings is 1. The first kappa shape index (κ1) is 17.7. The minimum absolute atomic E-state index is 0.0181. The molecule has 5 rings (SSSR count). The summed E-state index contributed by atoms with van der Waals surface area (Å²) >= 11 is 0. The van der Waals surface area contributed by atoms with Crippen molar-refractivity contribution in [3.63, 3.8) is 0 Å². The van der Waals surface area contributed by atoms with Crippen LogP contribution in [-0.4, -0.2) is 21.3 Å². The van der Waals surface area contributed by atoms with E-state index >= 15 is 0 Å². The summed E-state index contributed by atoms with van der Waals surface area (Å²) in [5.74, 6) is 1.98. The highest BCUT2D eigenvalue weighted by molar-refractivity contribution is 5.58.